The van der Waals surface area contributed by atoms with Crippen molar-refractivity contribution < 1.29 is 4.79 Å². The van der Waals surface area contributed by atoms with E-state index in [4.69, 9.17) is 5.73 Å². The maximum Gasteiger partial charge on any atom is 0.220 e. The lowest BCUT2D eigenvalue weighted by molar-refractivity contribution is -0.122. The Morgan fingerprint density at radius 1 is 1.50 bits per heavy atom. The molecular weight excluding hydrogens is 202 g/mol. The van der Waals surface area contributed by atoms with Crippen molar-refractivity contribution in [3.05, 3.63) is 23.8 Å². The number of hydrogen-bond acceptors (Lipinski definition) is 3. The minimum Gasteiger partial charge on any atom is -0.398 e. The van der Waals surface area contributed by atoms with Crippen LogP contribution >= 0.6 is 0 Å². The highest BCUT2D eigenvalue weighted by atomic mass is 16.1. The molecule has 4 N–H and O–H groups in total. The molecule has 1 aliphatic heterocycles. The van der Waals surface area contributed by atoms with Gasteiger partial charge in [0.25, 0.3) is 0 Å². The molecule has 1 fully saturated rings. The van der Waals surface area contributed by atoms with Gasteiger partial charge in [0.05, 0.1) is 0 Å². The van der Waals surface area contributed by atoms with Crippen LogP contribution in [-0.2, 0) is 4.79 Å². The second kappa shape index (κ2) is 4.43. The molecule has 1 heterocycles. The molecule has 4 nitrogen and oxygen atoms in total. The normalized spacial score (nSPS) is 20.3. The number of carbonyl (C=O) groups excluding carboxylic acids is 1. The highest BCUT2D eigenvalue weighted by Gasteiger charge is 2.17. The molecule has 1 amide bonds. The lowest BCUT2D eigenvalue weighted by atomic mass is 10.1. The quantitative estimate of drug-likeness (QED) is 0.656. The van der Waals surface area contributed by atoms with Crippen molar-refractivity contribution >= 4 is 17.3 Å². The van der Waals surface area contributed by atoms with Gasteiger partial charge >= 0.3 is 0 Å². The van der Waals surface area contributed by atoms with E-state index in [1.165, 1.54) is 0 Å². The average Bonchev–Trinajstić information content (AvgIpc) is 2.27. The van der Waals surface area contributed by atoms with Crippen LogP contribution in [0.4, 0.5) is 11.4 Å². The van der Waals surface area contributed by atoms with Gasteiger partial charge in [0.1, 0.15) is 0 Å². The lowest BCUT2D eigenvalue weighted by Crippen LogP contribution is -2.41. The van der Waals surface area contributed by atoms with Gasteiger partial charge in [-0.25, -0.2) is 0 Å². The highest BCUT2D eigenvalue weighted by Crippen LogP contribution is 2.19. The molecule has 1 unspecified atom stereocenters. The van der Waals surface area contributed by atoms with Crippen molar-refractivity contribution in [3.8, 4) is 0 Å². The third-order valence-electron chi connectivity index (χ3n) is 2.92. The zero-order valence-corrected chi connectivity index (χ0v) is 9.42. The number of anilines is 2. The zero-order valence-electron chi connectivity index (χ0n) is 9.42. The fourth-order valence-electron chi connectivity index (χ4n) is 1.82. The van der Waals surface area contributed by atoms with Gasteiger partial charge in [0.2, 0.25) is 5.91 Å². The summed E-state index contributed by atoms with van der Waals surface area (Å²) in [5.74, 6) is 0.140. The van der Waals surface area contributed by atoms with Crippen LogP contribution < -0.4 is 16.4 Å². The van der Waals surface area contributed by atoms with E-state index >= 15 is 0 Å². The number of rotatable bonds is 2. The minimum absolute atomic E-state index is 0.140. The summed E-state index contributed by atoms with van der Waals surface area (Å²) in [6.45, 7) is 2.67. The topological polar surface area (TPSA) is 67.2 Å². The molecule has 16 heavy (non-hydrogen) atoms. The van der Waals surface area contributed by atoms with Gasteiger partial charge in [0.15, 0.2) is 0 Å². The summed E-state index contributed by atoms with van der Waals surface area (Å²) in [7, 11) is 0. The molecular formula is C12H17N3O. The van der Waals surface area contributed by atoms with Crippen LogP contribution in [0.1, 0.15) is 18.4 Å². The molecule has 1 aliphatic rings. The number of aryl methyl sites for hydroxylation is 1. The molecule has 1 aromatic carbocycles. The van der Waals surface area contributed by atoms with Gasteiger partial charge in [-0.2, -0.15) is 0 Å². The van der Waals surface area contributed by atoms with Gasteiger partial charge in [0, 0.05) is 30.4 Å². The smallest absolute Gasteiger partial charge is 0.220 e. The Morgan fingerprint density at radius 2 is 2.31 bits per heavy atom. The Labute approximate surface area is 95.2 Å². The number of nitrogens with two attached hydrogens (primary N) is 1. The van der Waals surface area contributed by atoms with E-state index in [-0.39, 0.29) is 5.91 Å². The molecule has 2 rings (SSSR count). The number of nitrogens with one attached hydrogen (secondary N) is 2. The first-order valence-electron chi connectivity index (χ1n) is 5.54. The Morgan fingerprint density at radius 3 is 2.94 bits per heavy atom. The monoisotopic (exact) mass is 219 g/mol. The standard InChI is InChI=1S/C12H17N3O/c1-8-2-3-9(6-11(8)13)15-10-4-5-12(16)14-7-10/h2-3,6,10,15H,4-5,7,13H2,1H3,(H,14,16). The van der Waals surface area contributed by atoms with Gasteiger partial charge in [-0.3, -0.25) is 4.79 Å². The number of nitrogen functional groups attached to an aromatic ring is 1. The molecule has 0 aromatic heterocycles. The molecule has 1 saturated heterocycles. The Hall–Kier alpha value is -1.71. The molecule has 86 valence electrons. The van der Waals surface area contributed by atoms with Gasteiger partial charge < -0.3 is 16.4 Å². The van der Waals surface area contributed by atoms with Crippen LogP contribution in [0.25, 0.3) is 0 Å². The molecule has 0 radical (unpaired) electrons. The summed E-state index contributed by atoms with van der Waals surface area (Å²) >= 11 is 0. The molecule has 1 atom stereocenters. The van der Waals surface area contributed by atoms with E-state index < -0.39 is 0 Å². The lowest BCUT2D eigenvalue weighted by Gasteiger charge is -2.24. The van der Waals surface area contributed by atoms with Crippen LogP contribution in [-0.4, -0.2) is 18.5 Å². The number of carbonyl (C=O) groups is 1. The summed E-state index contributed by atoms with van der Waals surface area (Å²) in [6.07, 6.45) is 1.47. The molecule has 1 aromatic rings. The average molecular weight is 219 g/mol. The summed E-state index contributed by atoms with van der Waals surface area (Å²) in [5, 5.41) is 6.22. The summed E-state index contributed by atoms with van der Waals surface area (Å²) in [4.78, 5) is 11.0. The second-order valence-corrected chi connectivity index (χ2v) is 4.26. The van der Waals surface area contributed by atoms with Crippen molar-refractivity contribution in [2.75, 3.05) is 17.6 Å². The SMILES string of the molecule is Cc1ccc(NC2CCC(=O)NC2)cc1N. The zero-order chi connectivity index (χ0) is 11.5. The first-order valence-corrected chi connectivity index (χ1v) is 5.54. The molecule has 0 aliphatic carbocycles. The first kappa shape index (κ1) is 10.8. The predicted molar refractivity (Wildman–Crippen MR) is 65.2 cm³/mol. The predicted octanol–water partition coefficient (Wildman–Crippen LogP) is 1.27. The maximum absolute atomic E-state index is 11.0. The number of amides is 1. The fourth-order valence-corrected chi connectivity index (χ4v) is 1.82. The van der Waals surface area contributed by atoms with Gasteiger partial charge in [-0.1, -0.05) is 6.07 Å². The van der Waals surface area contributed by atoms with Gasteiger partial charge in [-0.15, -0.1) is 0 Å². The van der Waals surface area contributed by atoms with E-state index in [1.807, 2.05) is 25.1 Å². The van der Waals surface area contributed by atoms with Crippen LogP contribution in [0.2, 0.25) is 0 Å². The minimum atomic E-state index is 0.140. The van der Waals surface area contributed by atoms with E-state index in [9.17, 15) is 4.79 Å². The Bertz CT molecular complexity index is 393. The Kier molecular flexibility index (Phi) is 2.99. The largest absolute Gasteiger partial charge is 0.398 e. The fraction of sp³-hybridized carbons (Fsp3) is 0.417. The number of benzene rings is 1. The van der Waals surface area contributed by atoms with E-state index in [0.717, 1.165) is 23.4 Å². The second-order valence-electron chi connectivity index (χ2n) is 4.26. The molecule has 0 spiro atoms. The van der Waals surface area contributed by atoms with Crippen molar-refractivity contribution in [3.63, 3.8) is 0 Å². The maximum atomic E-state index is 11.0. The molecule has 4 heteroatoms. The van der Waals surface area contributed by atoms with Crippen molar-refractivity contribution in [1.29, 1.82) is 0 Å². The summed E-state index contributed by atoms with van der Waals surface area (Å²) in [5.41, 5.74) is 8.74. The number of piperidine rings is 1. The highest BCUT2D eigenvalue weighted by molar-refractivity contribution is 5.77. The van der Waals surface area contributed by atoms with Crippen LogP contribution in [0.15, 0.2) is 18.2 Å². The van der Waals surface area contributed by atoms with E-state index in [1.54, 1.807) is 0 Å². The third-order valence-corrected chi connectivity index (χ3v) is 2.92. The number of hydrogen-bond donors (Lipinski definition) is 3. The summed E-state index contributed by atoms with van der Waals surface area (Å²) < 4.78 is 0. The third kappa shape index (κ3) is 2.45. The van der Waals surface area contributed by atoms with E-state index in [2.05, 4.69) is 10.6 Å². The first-order chi connectivity index (χ1) is 7.65. The molecule has 0 saturated carbocycles. The Balaban J connectivity index is 1.98. The van der Waals surface area contributed by atoms with Crippen molar-refractivity contribution in [2.45, 2.75) is 25.8 Å². The van der Waals surface area contributed by atoms with Crippen LogP contribution in [0.3, 0.4) is 0 Å². The van der Waals surface area contributed by atoms with E-state index in [0.29, 0.717) is 19.0 Å². The van der Waals surface area contributed by atoms with Crippen LogP contribution in [0.5, 0.6) is 0 Å². The molecule has 0 bridgehead atoms. The van der Waals surface area contributed by atoms with Crippen molar-refractivity contribution in [1.82, 2.24) is 5.32 Å². The van der Waals surface area contributed by atoms with Gasteiger partial charge in [-0.05, 0) is 31.0 Å². The summed E-state index contributed by atoms with van der Waals surface area (Å²) in [6, 6.07) is 6.26. The van der Waals surface area contributed by atoms with Crippen LogP contribution in [0, 0.1) is 6.92 Å². The van der Waals surface area contributed by atoms with Crippen molar-refractivity contribution in [2.24, 2.45) is 0 Å².